The fourth-order valence-corrected chi connectivity index (χ4v) is 2.78. The number of piperidine rings is 1. The minimum Gasteiger partial charge on any atom is -0.394 e. The first-order chi connectivity index (χ1) is 8.81. The van der Waals surface area contributed by atoms with E-state index in [2.05, 4.69) is 5.32 Å². The molecule has 2 N–H and O–H groups in total. The molecule has 0 saturated carbocycles. The van der Waals surface area contributed by atoms with Crippen LogP contribution in [0.5, 0.6) is 0 Å². The normalized spacial score (nSPS) is 26.3. The van der Waals surface area contributed by atoms with Crippen molar-refractivity contribution in [1.82, 2.24) is 10.2 Å². The van der Waals surface area contributed by atoms with Gasteiger partial charge in [0.15, 0.2) is 0 Å². The number of nitrogens with one attached hydrogen (secondary N) is 1. The van der Waals surface area contributed by atoms with E-state index in [-0.39, 0.29) is 18.6 Å². The third kappa shape index (κ3) is 3.67. The monoisotopic (exact) mass is 256 g/mol. The summed E-state index contributed by atoms with van der Waals surface area (Å²) in [7, 11) is 0. The number of morpholine rings is 1. The SMILES string of the molecule is O=C(CCC1CCNCC1)N1CCOCC1CO. The van der Waals surface area contributed by atoms with Crippen molar-refractivity contribution >= 4 is 5.91 Å². The first kappa shape index (κ1) is 13.8. The molecule has 5 nitrogen and oxygen atoms in total. The Morgan fingerprint density at radius 2 is 2.17 bits per heavy atom. The Morgan fingerprint density at radius 3 is 2.89 bits per heavy atom. The number of hydrogen-bond acceptors (Lipinski definition) is 4. The Morgan fingerprint density at radius 1 is 1.39 bits per heavy atom. The molecular formula is C13H24N2O3. The van der Waals surface area contributed by atoms with E-state index in [1.165, 1.54) is 12.8 Å². The van der Waals surface area contributed by atoms with Crippen molar-refractivity contribution in [3.05, 3.63) is 0 Å². The van der Waals surface area contributed by atoms with Crippen LogP contribution in [-0.4, -0.2) is 61.4 Å². The van der Waals surface area contributed by atoms with Gasteiger partial charge in [-0.25, -0.2) is 0 Å². The summed E-state index contributed by atoms with van der Waals surface area (Å²) in [5, 5.41) is 12.6. The minimum atomic E-state index is -0.140. The third-order valence-corrected chi connectivity index (χ3v) is 3.98. The highest BCUT2D eigenvalue weighted by Gasteiger charge is 2.27. The van der Waals surface area contributed by atoms with Crippen LogP contribution < -0.4 is 5.32 Å². The number of ether oxygens (including phenoxy) is 1. The zero-order valence-electron chi connectivity index (χ0n) is 10.9. The van der Waals surface area contributed by atoms with Crippen molar-refractivity contribution in [2.24, 2.45) is 5.92 Å². The molecule has 2 aliphatic heterocycles. The van der Waals surface area contributed by atoms with Gasteiger partial charge in [0.1, 0.15) is 0 Å². The first-order valence-electron chi connectivity index (χ1n) is 7.00. The van der Waals surface area contributed by atoms with Crippen LogP contribution in [0.1, 0.15) is 25.7 Å². The minimum absolute atomic E-state index is 0.000904. The molecule has 1 atom stereocenters. The second-order valence-electron chi connectivity index (χ2n) is 5.23. The summed E-state index contributed by atoms with van der Waals surface area (Å²) in [6.45, 7) is 3.84. The van der Waals surface area contributed by atoms with Crippen LogP contribution in [0, 0.1) is 5.92 Å². The van der Waals surface area contributed by atoms with Gasteiger partial charge < -0.3 is 20.1 Å². The summed E-state index contributed by atoms with van der Waals surface area (Å²) in [5.74, 6) is 0.861. The predicted molar refractivity (Wildman–Crippen MR) is 68.2 cm³/mol. The van der Waals surface area contributed by atoms with Crippen LogP contribution in [0.2, 0.25) is 0 Å². The Balaban J connectivity index is 1.75. The standard InChI is InChI=1S/C13H24N2O3/c16-9-12-10-18-8-7-15(12)13(17)2-1-11-3-5-14-6-4-11/h11-12,14,16H,1-10H2. The third-order valence-electron chi connectivity index (χ3n) is 3.98. The Kier molecular flexibility index (Phi) is 5.41. The van der Waals surface area contributed by atoms with Gasteiger partial charge in [0.05, 0.1) is 25.9 Å². The quantitative estimate of drug-likeness (QED) is 0.742. The molecule has 0 bridgehead atoms. The fourth-order valence-electron chi connectivity index (χ4n) is 2.78. The van der Waals surface area contributed by atoms with Crippen molar-refractivity contribution in [3.63, 3.8) is 0 Å². The molecule has 0 spiro atoms. The van der Waals surface area contributed by atoms with E-state index in [1.807, 2.05) is 0 Å². The molecule has 0 aliphatic carbocycles. The van der Waals surface area contributed by atoms with Crippen molar-refractivity contribution < 1.29 is 14.6 Å². The van der Waals surface area contributed by atoms with Gasteiger partial charge in [-0.15, -0.1) is 0 Å². The predicted octanol–water partition coefficient (Wildman–Crippen LogP) is -0.0141. The lowest BCUT2D eigenvalue weighted by atomic mass is 9.93. The number of aliphatic hydroxyl groups is 1. The highest BCUT2D eigenvalue weighted by molar-refractivity contribution is 5.76. The van der Waals surface area contributed by atoms with E-state index in [0.717, 1.165) is 19.5 Å². The van der Waals surface area contributed by atoms with Gasteiger partial charge in [-0.2, -0.15) is 0 Å². The Bertz CT molecular complexity index is 267. The number of hydrogen-bond donors (Lipinski definition) is 2. The van der Waals surface area contributed by atoms with Gasteiger partial charge >= 0.3 is 0 Å². The molecule has 104 valence electrons. The van der Waals surface area contributed by atoms with Gasteiger partial charge in [-0.1, -0.05) is 0 Å². The molecule has 0 aromatic rings. The number of amides is 1. The lowest BCUT2D eigenvalue weighted by Gasteiger charge is -2.35. The molecule has 2 saturated heterocycles. The number of carbonyl (C=O) groups is 1. The van der Waals surface area contributed by atoms with Crippen molar-refractivity contribution in [2.45, 2.75) is 31.7 Å². The molecule has 2 rings (SSSR count). The molecule has 2 fully saturated rings. The smallest absolute Gasteiger partial charge is 0.223 e. The van der Waals surface area contributed by atoms with Crippen molar-refractivity contribution in [3.8, 4) is 0 Å². The first-order valence-corrected chi connectivity index (χ1v) is 7.00. The maximum Gasteiger partial charge on any atom is 0.223 e. The lowest BCUT2D eigenvalue weighted by Crippen LogP contribution is -2.50. The summed E-state index contributed by atoms with van der Waals surface area (Å²) < 4.78 is 5.29. The van der Waals surface area contributed by atoms with Crippen LogP contribution in [0.3, 0.4) is 0 Å². The topological polar surface area (TPSA) is 61.8 Å². The molecule has 2 heterocycles. The van der Waals surface area contributed by atoms with E-state index in [1.54, 1.807) is 4.90 Å². The molecule has 1 amide bonds. The van der Waals surface area contributed by atoms with Crippen LogP contribution in [-0.2, 0) is 9.53 Å². The maximum absolute atomic E-state index is 12.2. The summed E-state index contributed by atoms with van der Waals surface area (Å²) in [6, 6.07) is -0.140. The van der Waals surface area contributed by atoms with E-state index >= 15 is 0 Å². The zero-order chi connectivity index (χ0) is 12.8. The van der Waals surface area contributed by atoms with Crippen molar-refractivity contribution in [2.75, 3.05) is 39.5 Å². The van der Waals surface area contributed by atoms with E-state index < -0.39 is 0 Å². The van der Waals surface area contributed by atoms with Gasteiger partial charge in [0, 0.05) is 13.0 Å². The van der Waals surface area contributed by atoms with Crippen LogP contribution >= 0.6 is 0 Å². The summed E-state index contributed by atoms with van der Waals surface area (Å²) in [5.41, 5.74) is 0. The second kappa shape index (κ2) is 7.07. The highest BCUT2D eigenvalue weighted by Crippen LogP contribution is 2.19. The van der Waals surface area contributed by atoms with Gasteiger partial charge in [0.2, 0.25) is 5.91 Å². The average molecular weight is 256 g/mol. The molecule has 18 heavy (non-hydrogen) atoms. The average Bonchev–Trinajstić information content (AvgIpc) is 2.45. The summed E-state index contributed by atoms with van der Waals surface area (Å²) >= 11 is 0. The van der Waals surface area contributed by atoms with Crippen molar-refractivity contribution in [1.29, 1.82) is 0 Å². The zero-order valence-corrected chi connectivity index (χ0v) is 10.9. The number of nitrogens with zero attached hydrogens (tertiary/aromatic N) is 1. The molecule has 2 aliphatic rings. The van der Waals surface area contributed by atoms with Crippen LogP contribution in [0.25, 0.3) is 0 Å². The molecule has 0 aromatic heterocycles. The van der Waals surface area contributed by atoms with E-state index in [9.17, 15) is 9.90 Å². The number of carbonyl (C=O) groups excluding carboxylic acids is 1. The van der Waals surface area contributed by atoms with Crippen LogP contribution in [0.15, 0.2) is 0 Å². The molecule has 5 heteroatoms. The molecule has 0 aromatic carbocycles. The molecule has 0 radical (unpaired) electrons. The molecule has 1 unspecified atom stereocenters. The maximum atomic E-state index is 12.2. The Hall–Kier alpha value is -0.650. The van der Waals surface area contributed by atoms with Crippen LogP contribution in [0.4, 0.5) is 0 Å². The largest absolute Gasteiger partial charge is 0.394 e. The Labute approximate surface area is 108 Å². The van der Waals surface area contributed by atoms with E-state index in [0.29, 0.717) is 32.1 Å². The lowest BCUT2D eigenvalue weighted by molar-refractivity contribution is -0.141. The second-order valence-corrected chi connectivity index (χ2v) is 5.23. The van der Waals surface area contributed by atoms with Gasteiger partial charge in [-0.3, -0.25) is 4.79 Å². The number of rotatable bonds is 4. The van der Waals surface area contributed by atoms with Gasteiger partial charge in [0.25, 0.3) is 0 Å². The fraction of sp³-hybridized carbons (Fsp3) is 0.923. The highest BCUT2D eigenvalue weighted by atomic mass is 16.5. The number of aliphatic hydroxyl groups excluding tert-OH is 1. The van der Waals surface area contributed by atoms with Gasteiger partial charge in [-0.05, 0) is 38.3 Å². The van der Waals surface area contributed by atoms with E-state index in [4.69, 9.17) is 4.74 Å². The summed E-state index contributed by atoms with van der Waals surface area (Å²) in [4.78, 5) is 13.9. The molecular weight excluding hydrogens is 232 g/mol. The summed E-state index contributed by atoms with van der Waals surface area (Å²) in [6.07, 6.45) is 3.96.